The maximum atomic E-state index is 12.9. The maximum absolute atomic E-state index is 12.9. The molecule has 7 heteroatoms. The Kier molecular flexibility index (Phi) is 3.34. The van der Waals surface area contributed by atoms with Gasteiger partial charge in [-0.1, -0.05) is 0 Å². The van der Waals surface area contributed by atoms with Crippen molar-refractivity contribution in [3.8, 4) is 6.01 Å². The second kappa shape index (κ2) is 4.32. The molecule has 0 unspecified atom stereocenters. The SMILES string of the molecule is CNCC(F)(F)COc1ncn(C)n1. The monoisotopic (exact) mass is 206 g/mol. The Hall–Kier alpha value is -1.24. The molecule has 14 heavy (non-hydrogen) atoms. The number of alkyl halides is 2. The Labute approximate surface area is 80.1 Å². The zero-order chi connectivity index (χ0) is 10.6. The molecule has 0 spiro atoms. The normalized spacial score (nSPS) is 11.7. The van der Waals surface area contributed by atoms with Crippen LogP contribution in [0.4, 0.5) is 8.78 Å². The van der Waals surface area contributed by atoms with Gasteiger partial charge in [0.1, 0.15) is 6.33 Å². The zero-order valence-electron chi connectivity index (χ0n) is 8.00. The number of aromatic nitrogens is 3. The molecule has 0 saturated heterocycles. The summed E-state index contributed by atoms with van der Waals surface area (Å²) in [6, 6.07) is -0.0386. The van der Waals surface area contributed by atoms with E-state index in [0.29, 0.717) is 0 Å². The summed E-state index contributed by atoms with van der Waals surface area (Å²) in [4.78, 5) is 3.65. The van der Waals surface area contributed by atoms with E-state index in [0.717, 1.165) is 0 Å². The van der Waals surface area contributed by atoms with Gasteiger partial charge in [-0.3, -0.25) is 4.68 Å². The van der Waals surface area contributed by atoms with Crippen LogP contribution < -0.4 is 10.1 Å². The number of hydrogen-bond donors (Lipinski definition) is 1. The molecule has 0 saturated carbocycles. The van der Waals surface area contributed by atoms with E-state index in [9.17, 15) is 8.78 Å². The van der Waals surface area contributed by atoms with Crippen molar-refractivity contribution < 1.29 is 13.5 Å². The lowest BCUT2D eigenvalue weighted by molar-refractivity contribution is -0.0399. The molecule has 0 aromatic carbocycles. The van der Waals surface area contributed by atoms with Crippen LogP contribution in [0.25, 0.3) is 0 Å². The van der Waals surface area contributed by atoms with Gasteiger partial charge >= 0.3 is 6.01 Å². The van der Waals surface area contributed by atoms with Gasteiger partial charge in [-0.2, -0.15) is 4.98 Å². The summed E-state index contributed by atoms with van der Waals surface area (Å²) in [5.74, 6) is -2.91. The Bertz CT molecular complexity index is 289. The minimum absolute atomic E-state index is 0.0386. The van der Waals surface area contributed by atoms with Gasteiger partial charge in [0.25, 0.3) is 5.92 Å². The molecule has 5 nitrogen and oxygen atoms in total. The van der Waals surface area contributed by atoms with Crippen molar-refractivity contribution in [2.45, 2.75) is 5.92 Å². The second-order valence-electron chi connectivity index (χ2n) is 2.88. The molecule has 1 heterocycles. The first kappa shape index (κ1) is 10.8. The van der Waals surface area contributed by atoms with Crippen LogP contribution in [-0.4, -0.2) is 40.9 Å². The standard InChI is InChI=1S/C7H12F2N4O/c1-10-3-7(8,9)4-14-6-11-5-13(2)12-6/h5,10H,3-4H2,1-2H3. The molecule has 1 aromatic heterocycles. The summed E-state index contributed by atoms with van der Waals surface area (Å²) >= 11 is 0. The fourth-order valence-electron chi connectivity index (χ4n) is 0.865. The Balaban J connectivity index is 2.40. The smallest absolute Gasteiger partial charge is 0.335 e. The highest BCUT2D eigenvalue weighted by atomic mass is 19.3. The van der Waals surface area contributed by atoms with E-state index in [1.165, 1.54) is 18.1 Å². The van der Waals surface area contributed by atoms with Gasteiger partial charge in [-0.15, -0.1) is 5.10 Å². The molecule has 0 aliphatic heterocycles. The van der Waals surface area contributed by atoms with E-state index >= 15 is 0 Å². The number of aryl methyl sites for hydroxylation is 1. The van der Waals surface area contributed by atoms with Crippen molar-refractivity contribution in [1.29, 1.82) is 0 Å². The number of nitrogens with one attached hydrogen (secondary N) is 1. The fourth-order valence-corrected chi connectivity index (χ4v) is 0.865. The first-order valence-corrected chi connectivity index (χ1v) is 4.04. The van der Waals surface area contributed by atoms with Gasteiger partial charge in [-0.05, 0) is 7.05 Å². The summed E-state index contributed by atoms with van der Waals surface area (Å²) in [5, 5.41) is 6.08. The van der Waals surface area contributed by atoms with Crippen molar-refractivity contribution in [2.75, 3.05) is 20.2 Å². The van der Waals surface area contributed by atoms with Gasteiger partial charge in [0.05, 0.1) is 6.54 Å². The minimum Gasteiger partial charge on any atom is -0.456 e. The number of ether oxygens (including phenoxy) is 1. The van der Waals surface area contributed by atoms with Crippen LogP contribution in [-0.2, 0) is 7.05 Å². The van der Waals surface area contributed by atoms with Gasteiger partial charge in [-0.25, -0.2) is 8.78 Å². The number of rotatable bonds is 5. The molecule has 0 fully saturated rings. The maximum Gasteiger partial charge on any atom is 0.335 e. The fraction of sp³-hybridized carbons (Fsp3) is 0.714. The van der Waals surface area contributed by atoms with Crippen molar-refractivity contribution in [3.63, 3.8) is 0 Å². The van der Waals surface area contributed by atoms with Gasteiger partial charge < -0.3 is 10.1 Å². The Morgan fingerprint density at radius 3 is 2.86 bits per heavy atom. The third kappa shape index (κ3) is 3.25. The molecular formula is C7H12F2N4O. The van der Waals surface area contributed by atoms with Crippen LogP contribution >= 0.6 is 0 Å². The lowest BCUT2D eigenvalue weighted by atomic mass is 10.3. The third-order valence-electron chi connectivity index (χ3n) is 1.43. The molecule has 1 rings (SSSR count). The number of halogens is 2. The molecular weight excluding hydrogens is 194 g/mol. The highest BCUT2D eigenvalue weighted by Gasteiger charge is 2.29. The highest BCUT2D eigenvalue weighted by molar-refractivity contribution is 4.88. The predicted molar refractivity (Wildman–Crippen MR) is 45.4 cm³/mol. The topological polar surface area (TPSA) is 52.0 Å². The summed E-state index contributed by atoms with van der Waals surface area (Å²) in [5.41, 5.74) is 0. The molecule has 0 atom stereocenters. The van der Waals surface area contributed by atoms with Crippen molar-refractivity contribution >= 4 is 0 Å². The summed E-state index contributed by atoms with van der Waals surface area (Å²) in [6.07, 6.45) is 1.38. The van der Waals surface area contributed by atoms with Crippen LogP contribution in [0, 0.1) is 0 Å². The van der Waals surface area contributed by atoms with Gasteiger partial charge in [0.15, 0.2) is 6.61 Å². The Morgan fingerprint density at radius 1 is 1.64 bits per heavy atom. The number of nitrogens with zero attached hydrogens (tertiary/aromatic N) is 3. The largest absolute Gasteiger partial charge is 0.456 e. The van der Waals surface area contributed by atoms with Crippen LogP contribution in [0.1, 0.15) is 0 Å². The molecule has 0 bridgehead atoms. The lowest BCUT2D eigenvalue weighted by Gasteiger charge is -2.14. The van der Waals surface area contributed by atoms with Gasteiger partial charge in [0.2, 0.25) is 0 Å². The summed E-state index contributed by atoms with van der Waals surface area (Å²) < 4.78 is 31.8. The zero-order valence-corrected chi connectivity index (χ0v) is 8.00. The van der Waals surface area contributed by atoms with E-state index in [-0.39, 0.29) is 6.01 Å². The van der Waals surface area contributed by atoms with E-state index < -0.39 is 19.1 Å². The van der Waals surface area contributed by atoms with E-state index in [1.54, 1.807) is 7.05 Å². The van der Waals surface area contributed by atoms with E-state index in [1.807, 2.05) is 0 Å². The molecule has 1 aromatic rings. The third-order valence-corrected chi connectivity index (χ3v) is 1.43. The predicted octanol–water partition coefficient (Wildman–Crippen LogP) is 0.0486. The Morgan fingerprint density at radius 2 is 2.36 bits per heavy atom. The number of hydrogen-bond acceptors (Lipinski definition) is 4. The first-order valence-electron chi connectivity index (χ1n) is 4.04. The molecule has 80 valence electrons. The molecule has 0 amide bonds. The van der Waals surface area contributed by atoms with Crippen molar-refractivity contribution in [2.24, 2.45) is 7.05 Å². The average Bonchev–Trinajstić information content (AvgIpc) is 2.48. The average molecular weight is 206 g/mol. The van der Waals surface area contributed by atoms with Crippen LogP contribution in [0.3, 0.4) is 0 Å². The molecule has 0 aliphatic carbocycles. The van der Waals surface area contributed by atoms with Crippen LogP contribution in [0.15, 0.2) is 6.33 Å². The van der Waals surface area contributed by atoms with Crippen molar-refractivity contribution in [1.82, 2.24) is 20.1 Å². The first-order chi connectivity index (χ1) is 6.53. The quantitative estimate of drug-likeness (QED) is 0.739. The minimum atomic E-state index is -2.91. The lowest BCUT2D eigenvalue weighted by Crippen LogP contribution is -2.36. The summed E-state index contributed by atoms with van der Waals surface area (Å²) in [6.45, 7) is -1.16. The van der Waals surface area contributed by atoms with E-state index in [2.05, 4.69) is 15.4 Å². The van der Waals surface area contributed by atoms with Crippen molar-refractivity contribution in [3.05, 3.63) is 6.33 Å². The molecule has 0 radical (unpaired) electrons. The highest BCUT2D eigenvalue weighted by Crippen LogP contribution is 2.13. The summed E-state index contributed by atoms with van der Waals surface area (Å²) in [7, 11) is 3.08. The van der Waals surface area contributed by atoms with E-state index in [4.69, 9.17) is 4.74 Å². The van der Waals surface area contributed by atoms with Crippen LogP contribution in [0.2, 0.25) is 0 Å². The molecule has 0 aliphatic rings. The van der Waals surface area contributed by atoms with Crippen LogP contribution in [0.5, 0.6) is 6.01 Å². The second-order valence-corrected chi connectivity index (χ2v) is 2.88. The molecule has 1 N–H and O–H groups in total. The van der Waals surface area contributed by atoms with Gasteiger partial charge in [0, 0.05) is 7.05 Å².